The molecule has 0 unspecified atom stereocenters. The molecule has 0 heterocycles. The Kier molecular flexibility index (Phi) is 15.2. The van der Waals surface area contributed by atoms with Crippen LogP contribution in [-0.2, 0) is 0 Å². The SMILES string of the molecule is CCCC.[Li+].[c-]1ccccc1. The van der Waals surface area contributed by atoms with Crippen molar-refractivity contribution in [3.05, 3.63) is 36.4 Å². The maximum absolute atomic E-state index is 2.89. The Morgan fingerprint density at radius 3 is 1.45 bits per heavy atom. The van der Waals surface area contributed by atoms with Crippen molar-refractivity contribution in [3.63, 3.8) is 0 Å². The maximum Gasteiger partial charge on any atom is 1.00 e. The van der Waals surface area contributed by atoms with Gasteiger partial charge in [-0.1, -0.05) is 26.7 Å². The Bertz CT molecular complexity index is 96.8. The number of benzene rings is 1. The van der Waals surface area contributed by atoms with Gasteiger partial charge in [0.25, 0.3) is 0 Å². The van der Waals surface area contributed by atoms with Gasteiger partial charge < -0.3 is 0 Å². The molecule has 0 saturated carbocycles. The first kappa shape index (κ1) is 13.4. The van der Waals surface area contributed by atoms with Gasteiger partial charge in [0.15, 0.2) is 0 Å². The molecular formula is C10H15Li. The average Bonchev–Trinajstić information content (AvgIpc) is 2.08. The smallest absolute Gasteiger partial charge is 0.184 e. The van der Waals surface area contributed by atoms with Crippen molar-refractivity contribution in [1.82, 2.24) is 0 Å². The minimum atomic E-state index is 0. The van der Waals surface area contributed by atoms with Crippen LogP contribution in [0.25, 0.3) is 0 Å². The van der Waals surface area contributed by atoms with Crippen LogP contribution >= 0.6 is 0 Å². The van der Waals surface area contributed by atoms with Gasteiger partial charge in [0, 0.05) is 0 Å². The second-order valence-electron chi connectivity index (χ2n) is 2.08. The van der Waals surface area contributed by atoms with E-state index in [1.54, 1.807) is 0 Å². The standard InChI is InChI=1S/C6H5.C4H10.Li/c1-2-4-6-5-3-1;1-3-4-2;/h1-5H;3-4H2,1-2H3;/q-1;;+1. The van der Waals surface area contributed by atoms with Gasteiger partial charge in [0.05, 0.1) is 0 Å². The third-order valence-electron chi connectivity index (χ3n) is 1.11. The normalized spacial score (nSPS) is 7.09. The van der Waals surface area contributed by atoms with E-state index in [4.69, 9.17) is 0 Å². The van der Waals surface area contributed by atoms with E-state index in [1.165, 1.54) is 12.8 Å². The quantitative estimate of drug-likeness (QED) is 0.391. The van der Waals surface area contributed by atoms with Gasteiger partial charge in [-0.05, 0) is 0 Å². The van der Waals surface area contributed by atoms with Crippen molar-refractivity contribution in [2.75, 3.05) is 0 Å². The molecule has 1 aromatic rings. The summed E-state index contributed by atoms with van der Waals surface area (Å²) < 4.78 is 0. The molecule has 11 heavy (non-hydrogen) atoms. The summed E-state index contributed by atoms with van der Waals surface area (Å²) in [7, 11) is 0. The van der Waals surface area contributed by atoms with Crippen LogP contribution in [0.4, 0.5) is 0 Å². The molecule has 0 amide bonds. The Hall–Kier alpha value is -0.183. The predicted molar refractivity (Wildman–Crippen MR) is 45.9 cm³/mol. The number of hydrogen-bond donors (Lipinski definition) is 0. The van der Waals surface area contributed by atoms with Gasteiger partial charge in [-0.2, -0.15) is 36.4 Å². The molecule has 1 rings (SSSR count). The average molecular weight is 142 g/mol. The molecule has 0 aromatic heterocycles. The number of hydrogen-bond acceptors (Lipinski definition) is 0. The van der Waals surface area contributed by atoms with Gasteiger partial charge in [-0.25, -0.2) is 0 Å². The van der Waals surface area contributed by atoms with Gasteiger partial charge in [-0.15, -0.1) is 0 Å². The second-order valence-corrected chi connectivity index (χ2v) is 2.08. The van der Waals surface area contributed by atoms with Crippen LogP contribution in [0.3, 0.4) is 0 Å². The first-order valence-electron chi connectivity index (χ1n) is 3.82. The fraction of sp³-hybridized carbons (Fsp3) is 0.400. The summed E-state index contributed by atoms with van der Waals surface area (Å²) in [5.41, 5.74) is 0. The molecule has 0 radical (unpaired) electrons. The molecule has 0 spiro atoms. The Balaban J connectivity index is 0. The Morgan fingerprint density at radius 2 is 1.36 bits per heavy atom. The molecule has 1 heteroatoms. The summed E-state index contributed by atoms with van der Waals surface area (Å²) in [5.74, 6) is 0. The van der Waals surface area contributed by atoms with Gasteiger partial charge >= 0.3 is 18.9 Å². The van der Waals surface area contributed by atoms with Crippen molar-refractivity contribution in [2.24, 2.45) is 0 Å². The molecule has 0 N–H and O–H groups in total. The van der Waals surface area contributed by atoms with Crippen LogP contribution < -0.4 is 18.9 Å². The zero-order valence-corrected chi connectivity index (χ0v) is 7.80. The van der Waals surface area contributed by atoms with Crippen LogP contribution in [-0.4, -0.2) is 0 Å². The van der Waals surface area contributed by atoms with E-state index in [0.29, 0.717) is 0 Å². The Morgan fingerprint density at radius 1 is 0.909 bits per heavy atom. The van der Waals surface area contributed by atoms with Crippen molar-refractivity contribution in [2.45, 2.75) is 26.7 Å². The number of rotatable bonds is 1. The van der Waals surface area contributed by atoms with E-state index in [0.717, 1.165) is 0 Å². The molecule has 0 aliphatic rings. The predicted octanol–water partition coefficient (Wildman–Crippen LogP) is 0.297. The van der Waals surface area contributed by atoms with Crippen molar-refractivity contribution < 1.29 is 18.9 Å². The van der Waals surface area contributed by atoms with Gasteiger partial charge in [0.1, 0.15) is 0 Å². The zero-order chi connectivity index (χ0) is 7.66. The number of unbranched alkanes of at least 4 members (excludes halogenated alkanes) is 1. The first-order chi connectivity index (χ1) is 4.91. The summed E-state index contributed by atoms with van der Waals surface area (Å²) in [5, 5.41) is 0. The largest absolute Gasteiger partial charge is 1.00 e. The molecule has 0 aliphatic heterocycles. The molecule has 0 fully saturated rings. The topological polar surface area (TPSA) is 0 Å². The van der Waals surface area contributed by atoms with Crippen molar-refractivity contribution in [1.29, 1.82) is 0 Å². The summed E-state index contributed by atoms with van der Waals surface area (Å²) in [6, 6.07) is 12.5. The van der Waals surface area contributed by atoms with Crippen LogP contribution in [0.1, 0.15) is 26.7 Å². The summed E-state index contributed by atoms with van der Waals surface area (Å²) in [6.45, 7) is 4.36. The molecular weight excluding hydrogens is 127 g/mol. The zero-order valence-electron chi connectivity index (χ0n) is 7.80. The molecule has 1 aromatic carbocycles. The molecule has 0 atom stereocenters. The Labute approximate surface area is 82.2 Å². The van der Waals surface area contributed by atoms with E-state index in [2.05, 4.69) is 19.9 Å². The molecule has 56 valence electrons. The van der Waals surface area contributed by atoms with E-state index >= 15 is 0 Å². The molecule has 0 aliphatic carbocycles. The maximum atomic E-state index is 2.89. The van der Waals surface area contributed by atoms with Crippen molar-refractivity contribution >= 4 is 0 Å². The van der Waals surface area contributed by atoms with E-state index in [-0.39, 0.29) is 18.9 Å². The van der Waals surface area contributed by atoms with Gasteiger partial charge in [-0.3, -0.25) is 0 Å². The fourth-order valence-corrected chi connectivity index (χ4v) is 0.342. The molecule has 0 saturated heterocycles. The summed E-state index contributed by atoms with van der Waals surface area (Å²) >= 11 is 0. The van der Waals surface area contributed by atoms with Crippen LogP contribution in [0.5, 0.6) is 0 Å². The van der Waals surface area contributed by atoms with E-state index < -0.39 is 0 Å². The minimum absolute atomic E-state index is 0. The second kappa shape index (κ2) is 12.5. The summed E-state index contributed by atoms with van der Waals surface area (Å²) in [6.07, 6.45) is 2.64. The third kappa shape index (κ3) is 12.9. The first-order valence-corrected chi connectivity index (χ1v) is 3.82. The van der Waals surface area contributed by atoms with Crippen LogP contribution in [0, 0.1) is 6.07 Å². The fourth-order valence-electron chi connectivity index (χ4n) is 0.342. The van der Waals surface area contributed by atoms with Gasteiger partial charge in [0.2, 0.25) is 0 Å². The van der Waals surface area contributed by atoms with Crippen LogP contribution in [0.2, 0.25) is 0 Å². The minimum Gasteiger partial charge on any atom is -0.184 e. The monoisotopic (exact) mass is 142 g/mol. The molecule has 0 nitrogen and oxygen atoms in total. The van der Waals surface area contributed by atoms with E-state index in [9.17, 15) is 0 Å². The summed E-state index contributed by atoms with van der Waals surface area (Å²) in [4.78, 5) is 0. The molecule has 0 bridgehead atoms. The van der Waals surface area contributed by atoms with Crippen molar-refractivity contribution in [3.8, 4) is 0 Å². The third-order valence-corrected chi connectivity index (χ3v) is 1.11. The van der Waals surface area contributed by atoms with Crippen LogP contribution in [0.15, 0.2) is 30.3 Å². The van der Waals surface area contributed by atoms with E-state index in [1.807, 2.05) is 30.3 Å².